The summed E-state index contributed by atoms with van der Waals surface area (Å²) < 4.78 is 5.49. The Morgan fingerprint density at radius 3 is 2.87 bits per heavy atom. The van der Waals surface area contributed by atoms with Crippen molar-refractivity contribution in [2.24, 2.45) is 0 Å². The van der Waals surface area contributed by atoms with Gasteiger partial charge in [-0.2, -0.15) is 4.98 Å². The second kappa shape index (κ2) is 6.40. The minimum atomic E-state index is 0.0355. The Hall–Kier alpha value is -2.37. The third-order valence-corrected chi connectivity index (χ3v) is 4.25. The molecule has 0 bridgehead atoms. The Labute approximate surface area is 136 Å². The fourth-order valence-corrected chi connectivity index (χ4v) is 2.97. The summed E-state index contributed by atoms with van der Waals surface area (Å²) in [5.74, 6) is 1.35. The molecule has 0 spiro atoms. The summed E-state index contributed by atoms with van der Waals surface area (Å²) in [4.78, 5) is 20.2. The molecule has 1 atom stereocenters. The Kier molecular flexibility index (Phi) is 4.32. The van der Waals surface area contributed by atoms with Crippen molar-refractivity contribution in [1.29, 1.82) is 0 Å². The SMILES string of the molecule is Cc1ccccc1-c1noc([C@H]2CCCN(C(=O)N(C)C)C2)n1. The van der Waals surface area contributed by atoms with E-state index >= 15 is 0 Å². The zero-order valence-electron chi connectivity index (χ0n) is 13.8. The van der Waals surface area contributed by atoms with Gasteiger partial charge in [-0.25, -0.2) is 4.79 Å². The summed E-state index contributed by atoms with van der Waals surface area (Å²) in [6, 6.07) is 8.02. The fraction of sp³-hybridized carbons (Fsp3) is 0.471. The number of aromatic nitrogens is 2. The Balaban J connectivity index is 1.78. The maximum Gasteiger partial charge on any atom is 0.319 e. The maximum absolute atomic E-state index is 12.1. The van der Waals surface area contributed by atoms with Crippen molar-refractivity contribution in [2.75, 3.05) is 27.2 Å². The van der Waals surface area contributed by atoms with Gasteiger partial charge in [-0.1, -0.05) is 29.4 Å². The molecule has 23 heavy (non-hydrogen) atoms. The number of hydrogen-bond donors (Lipinski definition) is 0. The molecule has 3 rings (SSSR count). The van der Waals surface area contributed by atoms with E-state index in [2.05, 4.69) is 10.1 Å². The molecule has 0 N–H and O–H groups in total. The molecule has 1 aromatic heterocycles. The van der Waals surface area contributed by atoms with Gasteiger partial charge in [0, 0.05) is 32.7 Å². The van der Waals surface area contributed by atoms with Gasteiger partial charge in [-0.15, -0.1) is 0 Å². The van der Waals surface area contributed by atoms with Crippen LogP contribution in [0.15, 0.2) is 28.8 Å². The Morgan fingerprint density at radius 2 is 2.13 bits per heavy atom. The molecule has 1 fully saturated rings. The minimum Gasteiger partial charge on any atom is -0.339 e. The summed E-state index contributed by atoms with van der Waals surface area (Å²) in [5, 5.41) is 4.13. The van der Waals surface area contributed by atoms with E-state index in [0.29, 0.717) is 18.3 Å². The number of carbonyl (C=O) groups is 1. The number of rotatable bonds is 2. The molecule has 1 aromatic carbocycles. The predicted octanol–water partition coefficient (Wildman–Crippen LogP) is 2.91. The lowest BCUT2D eigenvalue weighted by atomic mass is 9.98. The number of aryl methyl sites for hydroxylation is 1. The summed E-state index contributed by atoms with van der Waals surface area (Å²) in [6.07, 6.45) is 1.92. The van der Waals surface area contributed by atoms with Crippen molar-refractivity contribution < 1.29 is 9.32 Å². The van der Waals surface area contributed by atoms with Crippen LogP contribution in [-0.4, -0.2) is 53.2 Å². The number of carbonyl (C=O) groups excluding carboxylic acids is 1. The van der Waals surface area contributed by atoms with Crippen LogP contribution < -0.4 is 0 Å². The van der Waals surface area contributed by atoms with Crippen LogP contribution in [0.2, 0.25) is 0 Å². The van der Waals surface area contributed by atoms with Crippen molar-refractivity contribution in [3.63, 3.8) is 0 Å². The van der Waals surface area contributed by atoms with E-state index in [1.165, 1.54) is 0 Å². The summed E-state index contributed by atoms with van der Waals surface area (Å²) >= 11 is 0. The fourth-order valence-electron chi connectivity index (χ4n) is 2.97. The molecule has 0 aliphatic carbocycles. The van der Waals surface area contributed by atoms with Gasteiger partial charge >= 0.3 is 6.03 Å². The number of piperidine rings is 1. The minimum absolute atomic E-state index is 0.0355. The van der Waals surface area contributed by atoms with Gasteiger partial charge < -0.3 is 14.3 Å². The smallest absolute Gasteiger partial charge is 0.319 e. The third-order valence-electron chi connectivity index (χ3n) is 4.25. The molecule has 2 amide bonds. The van der Waals surface area contributed by atoms with Gasteiger partial charge in [0.15, 0.2) is 0 Å². The lowest BCUT2D eigenvalue weighted by Gasteiger charge is -2.32. The Morgan fingerprint density at radius 1 is 1.35 bits per heavy atom. The molecular weight excluding hydrogens is 292 g/mol. The number of nitrogens with zero attached hydrogens (tertiary/aromatic N) is 4. The maximum atomic E-state index is 12.1. The first kappa shape index (κ1) is 15.5. The largest absolute Gasteiger partial charge is 0.339 e. The first-order chi connectivity index (χ1) is 11.1. The van der Waals surface area contributed by atoms with Crippen LogP contribution in [0.1, 0.15) is 30.2 Å². The van der Waals surface area contributed by atoms with Gasteiger partial charge in [0.05, 0.1) is 5.92 Å². The number of amides is 2. The van der Waals surface area contributed by atoms with Gasteiger partial charge in [0.1, 0.15) is 0 Å². The lowest BCUT2D eigenvalue weighted by Crippen LogP contribution is -2.44. The van der Waals surface area contributed by atoms with E-state index in [0.717, 1.165) is 30.5 Å². The molecule has 2 heterocycles. The highest BCUT2D eigenvalue weighted by Gasteiger charge is 2.29. The van der Waals surface area contributed by atoms with Gasteiger partial charge in [-0.05, 0) is 25.3 Å². The van der Waals surface area contributed by atoms with Crippen LogP contribution in [0.4, 0.5) is 4.79 Å². The van der Waals surface area contributed by atoms with Crippen LogP contribution in [0, 0.1) is 6.92 Å². The molecule has 6 heteroatoms. The average Bonchev–Trinajstić information content (AvgIpc) is 3.04. The molecule has 6 nitrogen and oxygen atoms in total. The normalized spacial score (nSPS) is 18.0. The van der Waals surface area contributed by atoms with E-state index in [4.69, 9.17) is 4.52 Å². The van der Waals surface area contributed by atoms with Crippen molar-refractivity contribution >= 4 is 6.03 Å². The van der Waals surface area contributed by atoms with Gasteiger partial charge in [-0.3, -0.25) is 0 Å². The van der Waals surface area contributed by atoms with E-state index < -0.39 is 0 Å². The quantitative estimate of drug-likeness (QED) is 0.855. The molecule has 1 aliphatic heterocycles. The molecular formula is C17H22N4O2. The van der Waals surface area contributed by atoms with Crippen molar-refractivity contribution in [3.05, 3.63) is 35.7 Å². The first-order valence-electron chi connectivity index (χ1n) is 7.92. The Bertz CT molecular complexity index is 695. The predicted molar refractivity (Wildman–Crippen MR) is 87.1 cm³/mol. The standard InChI is InChI=1S/C17H22N4O2/c1-12-7-4-5-9-14(12)15-18-16(23-19-15)13-8-6-10-21(11-13)17(22)20(2)3/h4-5,7,9,13H,6,8,10-11H2,1-3H3/t13-/m0/s1. The first-order valence-corrected chi connectivity index (χ1v) is 7.92. The second-order valence-electron chi connectivity index (χ2n) is 6.23. The van der Waals surface area contributed by atoms with E-state index in [9.17, 15) is 4.79 Å². The van der Waals surface area contributed by atoms with E-state index in [1.807, 2.05) is 36.1 Å². The molecule has 0 radical (unpaired) electrons. The summed E-state index contributed by atoms with van der Waals surface area (Å²) in [7, 11) is 3.55. The number of likely N-dealkylation sites (tertiary alicyclic amines) is 1. The highest BCUT2D eigenvalue weighted by atomic mass is 16.5. The van der Waals surface area contributed by atoms with Crippen LogP contribution in [0.5, 0.6) is 0 Å². The van der Waals surface area contributed by atoms with E-state index in [1.54, 1.807) is 19.0 Å². The van der Waals surface area contributed by atoms with Crippen LogP contribution in [-0.2, 0) is 0 Å². The van der Waals surface area contributed by atoms with Gasteiger partial charge in [0.2, 0.25) is 11.7 Å². The third kappa shape index (κ3) is 3.21. The molecule has 2 aromatic rings. The monoisotopic (exact) mass is 314 g/mol. The molecule has 0 saturated carbocycles. The van der Waals surface area contributed by atoms with Crippen molar-refractivity contribution in [2.45, 2.75) is 25.7 Å². The number of urea groups is 1. The molecule has 0 unspecified atom stereocenters. The molecule has 122 valence electrons. The van der Waals surface area contributed by atoms with Crippen molar-refractivity contribution in [3.8, 4) is 11.4 Å². The summed E-state index contributed by atoms with van der Waals surface area (Å²) in [6.45, 7) is 3.45. The zero-order valence-corrected chi connectivity index (χ0v) is 13.8. The topological polar surface area (TPSA) is 62.5 Å². The van der Waals surface area contributed by atoms with Crippen LogP contribution in [0.25, 0.3) is 11.4 Å². The highest BCUT2D eigenvalue weighted by Crippen LogP contribution is 2.28. The molecule has 1 saturated heterocycles. The number of hydrogen-bond acceptors (Lipinski definition) is 4. The summed E-state index contributed by atoms with van der Waals surface area (Å²) in [5.41, 5.74) is 2.10. The lowest BCUT2D eigenvalue weighted by molar-refractivity contribution is 0.149. The molecule has 1 aliphatic rings. The second-order valence-corrected chi connectivity index (χ2v) is 6.23. The number of benzene rings is 1. The van der Waals surface area contributed by atoms with Crippen LogP contribution in [0.3, 0.4) is 0 Å². The van der Waals surface area contributed by atoms with E-state index in [-0.39, 0.29) is 11.9 Å². The zero-order chi connectivity index (χ0) is 16.4. The highest BCUT2D eigenvalue weighted by molar-refractivity contribution is 5.74. The van der Waals surface area contributed by atoms with Gasteiger partial charge in [0.25, 0.3) is 0 Å². The average molecular weight is 314 g/mol. The van der Waals surface area contributed by atoms with Crippen LogP contribution >= 0.6 is 0 Å². The van der Waals surface area contributed by atoms with Crippen molar-refractivity contribution in [1.82, 2.24) is 19.9 Å².